The lowest BCUT2D eigenvalue weighted by Gasteiger charge is -2.18. The van der Waals surface area contributed by atoms with Gasteiger partial charge in [0.15, 0.2) is 0 Å². The monoisotopic (exact) mass is 587 g/mol. The van der Waals surface area contributed by atoms with Crippen LogP contribution in [0.5, 0.6) is 5.75 Å². The number of rotatable bonds is 7. The smallest absolute Gasteiger partial charge is 0.417 e. The number of alkyl halides is 6. The highest BCUT2D eigenvalue weighted by atomic mass is 19.4. The number of hydrogen-bond donors (Lipinski definition) is 2. The Bertz CT molecular complexity index is 1600. The summed E-state index contributed by atoms with van der Waals surface area (Å²) in [6, 6.07) is 17.8. The standard InChI is InChI=1S/C31H23F6NO4/c1-42-29(41)26(16-18-10-12-19(13-11-18)21-6-2-4-8-24(21)30(32,33)34)38-28(40)23-17-20(14-15-27(23)39)22-7-3-5-9-25(22)31(35,36)37/h2-15,17,26,39H,16H2,1H3,(H,38,40). The van der Waals surface area contributed by atoms with E-state index in [0.717, 1.165) is 31.4 Å². The van der Waals surface area contributed by atoms with Gasteiger partial charge in [-0.25, -0.2) is 4.79 Å². The second-order valence-electron chi connectivity index (χ2n) is 9.27. The quantitative estimate of drug-likeness (QED) is 0.176. The number of benzene rings is 4. The van der Waals surface area contributed by atoms with Crippen molar-refractivity contribution in [3.8, 4) is 28.0 Å². The Labute approximate surface area is 236 Å². The summed E-state index contributed by atoms with van der Waals surface area (Å²) in [7, 11) is 1.09. The molecule has 0 spiro atoms. The molecule has 11 heteroatoms. The lowest BCUT2D eigenvalue weighted by molar-refractivity contribution is -0.143. The average Bonchev–Trinajstić information content (AvgIpc) is 2.96. The molecule has 0 aromatic heterocycles. The number of phenolic OH excluding ortho intramolecular Hbond substituents is 1. The molecule has 0 bridgehead atoms. The second kappa shape index (κ2) is 12.0. The molecule has 0 aliphatic carbocycles. The fraction of sp³-hybridized carbons (Fsp3) is 0.161. The molecule has 42 heavy (non-hydrogen) atoms. The molecule has 1 unspecified atom stereocenters. The summed E-state index contributed by atoms with van der Waals surface area (Å²) in [5.74, 6) is -2.34. The average molecular weight is 588 g/mol. The van der Waals surface area contributed by atoms with E-state index in [0.29, 0.717) is 5.56 Å². The molecule has 0 saturated heterocycles. The molecule has 0 radical (unpaired) electrons. The number of phenols is 1. The minimum atomic E-state index is -4.67. The van der Waals surface area contributed by atoms with Crippen LogP contribution in [0.25, 0.3) is 22.3 Å². The molecular weight excluding hydrogens is 564 g/mol. The van der Waals surface area contributed by atoms with E-state index in [-0.39, 0.29) is 34.2 Å². The summed E-state index contributed by atoms with van der Waals surface area (Å²) in [6.07, 6.45) is -9.36. The molecule has 0 aliphatic heterocycles. The van der Waals surface area contributed by atoms with Crippen molar-refractivity contribution in [1.82, 2.24) is 5.32 Å². The van der Waals surface area contributed by atoms with Gasteiger partial charge < -0.3 is 15.2 Å². The molecule has 0 aliphatic rings. The third-order valence-electron chi connectivity index (χ3n) is 6.51. The largest absolute Gasteiger partial charge is 0.507 e. The highest BCUT2D eigenvalue weighted by Gasteiger charge is 2.34. The first-order chi connectivity index (χ1) is 19.8. The first-order valence-electron chi connectivity index (χ1n) is 12.4. The van der Waals surface area contributed by atoms with E-state index >= 15 is 0 Å². The zero-order valence-corrected chi connectivity index (χ0v) is 21.9. The molecule has 4 aromatic rings. The van der Waals surface area contributed by atoms with Crippen LogP contribution in [0.15, 0.2) is 91.0 Å². The van der Waals surface area contributed by atoms with Crippen LogP contribution in [-0.4, -0.2) is 30.1 Å². The van der Waals surface area contributed by atoms with Gasteiger partial charge in [0, 0.05) is 6.42 Å². The van der Waals surface area contributed by atoms with Crippen LogP contribution < -0.4 is 5.32 Å². The highest BCUT2D eigenvalue weighted by molar-refractivity contribution is 6.00. The van der Waals surface area contributed by atoms with Crippen molar-refractivity contribution in [1.29, 1.82) is 0 Å². The van der Waals surface area contributed by atoms with Crippen molar-refractivity contribution in [3.63, 3.8) is 0 Å². The Morgan fingerprint density at radius 3 is 1.79 bits per heavy atom. The van der Waals surface area contributed by atoms with Gasteiger partial charge in [-0.05, 0) is 52.1 Å². The summed E-state index contributed by atoms with van der Waals surface area (Å²) >= 11 is 0. The third-order valence-corrected chi connectivity index (χ3v) is 6.51. The fourth-order valence-corrected chi connectivity index (χ4v) is 4.48. The Hall–Kier alpha value is -4.80. The summed E-state index contributed by atoms with van der Waals surface area (Å²) < 4.78 is 85.7. The second-order valence-corrected chi connectivity index (χ2v) is 9.27. The van der Waals surface area contributed by atoms with Crippen molar-refractivity contribution >= 4 is 11.9 Å². The molecule has 1 atom stereocenters. The van der Waals surface area contributed by atoms with Crippen LogP contribution in [0.3, 0.4) is 0 Å². The minimum Gasteiger partial charge on any atom is -0.507 e. The first-order valence-corrected chi connectivity index (χ1v) is 12.4. The van der Waals surface area contributed by atoms with Crippen molar-refractivity contribution in [2.45, 2.75) is 24.8 Å². The SMILES string of the molecule is COC(=O)C(Cc1ccc(-c2ccccc2C(F)(F)F)cc1)NC(=O)c1cc(-c2ccccc2C(F)(F)F)ccc1O. The lowest BCUT2D eigenvalue weighted by atomic mass is 9.96. The molecule has 218 valence electrons. The number of halogens is 6. The van der Waals surface area contributed by atoms with Gasteiger partial charge in [0.2, 0.25) is 0 Å². The Morgan fingerprint density at radius 2 is 1.26 bits per heavy atom. The number of carbonyl (C=O) groups is 2. The van der Waals surface area contributed by atoms with Gasteiger partial charge in [-0.3, -0.25) is 4.79 Å². The van der Waals surface area contributed by atoms with Gasteiger partial charge in [0.25, 0.3) is 5.91 Å². The van der Waals surface area contributed by atoms with Gasteiger partial charge in [0.1, 0.15) is 11.8 Å². The van der Waals surface area contributed by atoms with E-state index in [1.807, 2.05) is 0 Å². The molecular formula is C31H23F6NO4. The van der Waals surface area contributed by atoms with Gasteiger partial charge in [-0.1, -0.05) is 66.7 Å². The number of methoxy groups -OCH3 is 1. The van der Waals surface area contributed by atoms with Gasteiger partial charge in [-0.15, -0.1) is 0 Å². The van der Waals surface area contributed by atoms with E-state index in [2.05, 4.69) is 5.32 Å². The number of hydrogen-bond acceptors (Lipinski definition) is 4. The molecule has 0 heterocycles. The fourth-order valence-electron chi connectivity index (χ4n) is 4.48. The molecule has 5 nitrogen and oxygen atoms in total. The van der Waals surface area contributed by atoms with Gasteiger partial charge in [-0.2, -0.15) is 26.3 Å². The van der Waals surface area contributed by atoms with Crippen LogP contribution in [0.1, 0.15) is 27.0 Å². The topological polar surface area (TPSA) is 75.6 Å². The zero-order valence-electron chi connectivity index (χ0n) is 21.9. The summed E-state index contributed by atoms with van der Waals surface area (Å²) in [5, 5.41) is 12.7. The van der Waals surface area contributed by atoms with E-state index < -0.39 is 47.1 Å². The third kappa shape index (κ3) is 6.73. The molecule has 1 amide bonds. The van der Waals surface area contributed by atoms with Crippen LogP contribution in [0.4, 0.5) is 26.3 Å². The van der Waals surface area contributed by atoms with Crippen molar-refractivity contribution in [2.24, 2.45) is 0 Å². The van der Waals surface area contributed by atoms with Crippen molar-refractivity contribution < 1.29 is 45.8 Å². The maximum atomic E-state index is 13.5. The minimum absolute atomic E-state index is 0.00946. The maximum absolute atomic E-state index is 13.5. The number of carbonyl (C=O) groups excluding carboxylic acids is 2. The Balaban J connectivity index is 1.59. The van der Waals surface area contributed by atoms with E-state index in [4.69, 9.17) is 4.74 Å². The molecule has 4 rings (SSSR count). The number of ether oxygens (including phenoxy) is 1. The van der Waals surface area contributed by atoms with Crippen LogP contribution >= 0.6 is 0 Å². The van der Waals surface area contributed by atoms with E-state index in [9.17, 15) is 41.0 Å². The molecule has 2 N–H and O–H groups in total. The van der Waals surface area contributed by atoms with E-state index in [1.165, 1.54) is 66.7 Å². The zero-order chi connectivity index (χ0) is 30.7. The number of aromatic hydroxyl groups is 1. The molecule has 0 fully saturated rings. The predicted molar refractivity (Wildman–Crippen MR) is 142 cm³/mol. The van der Waals surface area contributed by atoms with Gasteiger partial charge >= 0.3 is 18.3 Å². The van der Waals surface area contributed by atoms with E-state index in [1.54, 1.807) is 0 Å². The normalized spacial score (nSPS) is 12.5. The summed E-state index contributed by atoms with van der Waals surface area (Å²) in [5.41, 5.74) is -1.60. The number of amides is 1. The van der Waals surface area contributed by atoms with Gasteiger partial charge in [0.05, 0.1) is 23.8 Å². The van der Waals surface area contributed by atoms with Crippen LogP contribution in [-0.2, 0) is 28.3 Å². The lowest BCUT2D eigenvalue weighted by Crippen LogP contribution is -2.43. The van der Waals surface area contributed by atoms with Crippen molar-refractivity contribution in [2.75, 3.05) is 7.11 Å². The Morgan fingerprint density at radius 1 is 0.762 bits per heavy atom. The highest BCUT2D eigenvalue weighted by Crippen LogP contribution is 2.39. The Kier molecular flexibility index (Phi) is 8.60. The first kappa shape index (κ1) is 30.2. The summed E-state index contributed by atoms with van der Waals surface area (Å²) in [6.45, 7) is 0. The summed E-state index contributed by atoms with van der Waals surface area (Å²) in [4.78, 5) is 25.6. The van der Waals surface area contributed by atoms with Crippen LogP contribution in [0, 0.1) is 0 Å². The molecule has 4 aromatic carbocycles. The predicted octanol–water partition coefficient (Wildman–Crippen LogP) is 7.28. The number of nitrogens with one attached hydrogen (secondary N) is 1. The maximum Gasteiger partial charge on any atom is 0.417 e. The van der Waals surface area contributed by atoms with Crippen molar-refractivity contribution in [3.05, 3.63) is 113 Å². The molecule has 0 saturated carbocycles. The number of esters is 1. The van der Waals surface area contributed by atoms with Crippen LogP contribution in [0.2, 0.25) is 0 Å².